The summed E-state index contributed by atoms with van der Waals surface area (Å²) in [5, 5.41) is 1.94. The maximum absolute atomic E-state index is 13.3. The molecule has 1 heterocycles. The van der Waals surface area contributed by atoms with E-state index < -0.39 is 10.0 Å². The number of para-hydroxylation sites is 1. The van der Waals surface area contributed by atoms with Crippen molar-refractivity contribution in [2.75, 3.05) is 13.2 Å². The predicted molar refractivity (Wildman–Crippen MR) is 111 cm³/mol. The van der Waals surface area contributed by atoms with E-state index in [0.717, 1.165) is 16.5 Å². The number of thiol groups is 1. The summed E-state index contributed by atoms with van der Waals surface area (Å²) in [5.74, 6) is 0.739. The van der Waals surface area contributed by atoms with Gasteiger partial charge in [-0.25, -0.2) is 8.42 Å². The zero-order valence-electron chi connectivity index (χ0n) is 14.7. The SMILES string of the molecule is O=S(=O)(c1ccc2ccccc2c1)N1C[C@@H](S)C[C@H]1COc1ccccc1. The Morgan fingerprint density at radius 2 is 1.67 bits per heavy atom. The first-order chi connectivity index (χ1) is 13.0. The van der Waals surface area contributed by atoms with Gasteiger partial charge in [-0.3, -0.25) is 0 Å². The topological polar surface area (TPSA) is 46.6 Å². The van der Waals surface area contributed by atoms with E-state index in [4.69, 9.17) is 4.74 Å². The summed E-state index contributed by atoms with van der Waals surface area (Å²) in [5.41, 5.74) is 0. The van der Waals surface area contributed by atoms with Gasteiger partial charge in [-0.05, 0) is 41.5 Å². The minimum absolute atomic E-state index is 0.00426. The maximum atomic E-state index is 13.3. The Balaban J connectivity index is 1.59. The second kappa shape index (κ2) is 7.54. The van der Waals surface area contributed by atoms with Crippen molar-refractivity contribution in [1.82, 2.24) is 4.31 Å². The molecule has 27 heavy (non-hydrogen) atoms. The van der Waals surface area contributed by atoms with Gasteiger partial charge in [0.1, 0.15) is 12.4 Å². The fourth-order valence-electron chi connectivity index (χ4n) is 3.48. The highest BCUT2D eigenvalue weighted by molar-refractivity contribution is 7.89. The van der Waals surface area contributed by atoms with Crippen molar-refractivity contribution >= 4 is 33.4 Å². The van der Waals surface area contributed by atoms with E-state index in [2.05, 4.69) is 12.6 Å². The largest absolute Gasteiger partial charge is 0.492 e. The Labute approximate surface area is 165 Å². The number of nitrogens with zero attached hydrogens (tertiary/aromatic N) is 1. The zero-order chi connectivity index (χ0) is 18.9. The van der Waals surface area contributed by atoms with Crippen LogP contribution >= 0.6 is 12.6 Å². The lowest BCUT2D eigenvalue weighted by Gasteiger charge is -2.24. The Morgan fingerprint density at radius 1 is 0.963 bits per heavy atom. The number of hydrogen-bond acceptors (Lipinski definition) is 4. The standard InChI is InChI=1S/C21H21NO3S2/c23-27(24,21-11-10-16-6-4-5-7-17(16)12-21)22-14-20(26)13-18(22)15-25-19-8-2-1-3-9-19/h1-12,18,20,26H,13-15H2/t18-,20-/m0/s1. The van der Waals surface area contributed by atoms with E-state index in [9.17, 15) is 8.42 Å². The second-order valence-corrected chi connectivity index (χ2v) is 9.37. The van der Waals surface area contributed by atoms with Crippen LogP contribution in [-0.4, -0.2) is 37.2 Å². The highest BCUT2D eigenvalue weighted by Crippen LogP contribution is 2.30. The molecule has 1 saturated heterocycles. The average Bonchev–Trinajstić information content (AvgIpc) is 3.08. The maximum Gasteiger partial charge on any atom is 0.243 e. The molecule has 3 aromatic carbocycles. The molecule has 4 nitrogen and oxygen atoms in total. The molecule has 0 bridgehead atoms. The lowest BCUT2D eigenvalue weighted by molar-refractivity contribution is 0.232. The number of rotatable bonds is 5. The summed E-state index contributed by atoms with van der Waals surface area (Å²) in [7, 11) is -3.61. The van der Waals surface area contributed by atoms with E-state index in [-0.39, 0.29) is 11.3 Å². The van der Waals surface area contributed by atoms with E-state index in [1.54, 1.807) is 12.1 Å². The molecule has 0 spiro atoms. The summed E-state index contributed by atoms with van der Waals surface area (Å²) >= 11 is 4.53. The molecule has 0 amide bonds. The first-order valence-electron chi connectivity index (χ1n) is 8.90. The Bertz CT molecular complexity index is 1040. The van der Waals surface area contributed by atoms with E-state index in [1.165, 1.54) is 4.31 Å². The van der Waals surface area contributed by atoms with E-state index in [0.29, 0.717) is 24.5 Å². The molecule has 0 N–H and O–H groups in total. The smallest absolute Gasteiger partial charge is 0.243 e. The van der Waals surface area contributed by atoms with E-state index >= 15 is 0 Å². The summed E-state index contributed by atoms with van der Waals surface area (Å²) in [6.07, 6.45) is 0.669. The molecule has 6 heteroatoms. The number of sulfonamides is 1. The molecule has 0 radical (unpaired) electrons. The summed E-state index contributed by atoms with van der Waals surface area (Å²) in [6, 6.07) is 22.3. The molecule has 0 unspecified atom stereocenters. The van der Waals surface area contributed by atoms with Gasteiger partial charge in [0.15, 0.2) is 0 Å². The van der Waals surface area contributed by atoms with Crippen molar-refractivity contribution in [2.24, 2.45) is 0 Å². The van der Waals surface area contributed by atoms with Crippen LogP contribution in [0.1, 0.15) is 6.42 Å². The fraction of sp³-hybridized carbons (Fsp3) is 0.238. The highest BCUT2D eigenvalue weighted by atomic mass is 32.2. The number of ether oxygens (including phenoxy) is 1. The van der Waals surface area contributed by atoms with Crippen molar-refractivity contribution in [3.05, 3.63) is 72.8 Å². The third-order valence-corrected chi connectivity index (χ3v) is 7.14. The van der Waals surface area contributed by atoms with Crippen LogP contribution in [0.15, 0.2) is 77.7 Å². The molecule has 3 aromatic rings. The summed E-state index contributed by atoms with van der Waals surface area (Å²) in [4.78, 5) is 0.313. The number of hydrogen-bond donors (Lipinski definition) is 1. The third kappa shape index (κ3) is 3.83. The zero-order valence-corrected chi connectivity index (χ0v) is 16.4. The van der Waals surface area contributed by atoms with Gasteiger partial charge in [-0.15, -0.1) is 0 Å². The van der Waals surface area contributed by atoms with Crippen molar-refractivity contribution in [3.63, 3.8) is 0 Å². The van der Waals surface area contributed by atoms with Gasteiger partial charge in [0.2, 0.25) is 10.0 Å². The first kappa shape index (κ1) is 18.3. The van der Waals surface area contributed by atoms with Gasteiger partial charge in [0, 0.05) is 11.8 Å². The monoisotopic (exact) mass is 399 g/mol. The Morgan fingerprint density at radius 3 is 2.44 bits per heavy atom. The van der Waals surface area contributed by atoms with Gasteiger partial charge in [0.25, 0.3) is 0 Å². The van der Waals surface area contributed by atoms with E-state index in [1.807, 2.05) is 60.7 Å². The highest BCUT2D eigenvalue weighted by Gasteiger charge is 2.39. The Hall–Kier alpha value is -2.02. The summed E-state index contributed by atoms with van der Waals surface area (Å²) in [6.45, 7) is 0.703. The minimum atomic E-state index is -3.61. The van der Waals surface area contributed by atoms with Crippen molar-refractivity contribution in [2.45, 2.75) is 22.6 Å². The minimum Gasteiger partial charge on any atom is -0.492 e. The van der Waals surface area contributed by atoms with Gasteiger partial charge < -0.3 is 4.74 Å². The van der Waals surface area contributed by atoms with Crippen LogP contribution in [0.5, 0.6) is 5.75 Å². The fourth-order valence-corrected chi connectivity index (χ4v) is 5.71. The van der Waals surface area contributed by atoms with Crippen molar-refractivity contribution in [3.8, 4) is 5.75 Å². The van der Waals surface area contributed by atoms with Crippen LogP contribution in [0.2, 0.25) is 0 Å². The molecule has 4 rings (SSSR count). The van der Waals surface area contributed by atoms with Crippen molar-refractivity contribution < 1.29 is 13.2 Å². The predicted octanol–water partition coefficient (Wildman–Crippen LogP) is 3.98. The Kier molecular flexibility index (Phi) is 5.12. The van der Waals surface area contributed by atoms with Gasteiger partial charge in [0.05, 0.1) is 10.9 Å². The van der Waals surface area contributed by atoms with Crippen molar-refractivity contribution in [1.29, 1.82) is 0 Å². The second-order valence-electron chi connectivity index (χ2n) is 6.75. The molecular formula is C21H21NO3S2. The molecule has 1 aliphatic rings. The van der Waals surface area contributed by atoms with Gasteiger partial charge in [-0.1, -0.05) is 48.5 Å². The molecule has 0 aromatic heterocycles. The molecule has 0 aliphatic carbocycles. The quantitative estimate of drug-likeness (QED) is 0.660. The van der Waals surface area contributed by atoms with Crippen LogP contribution in [0.25, 0.3) is 10.8 Å². The van der Waals surface area contributed by atoms with Crippen LogP contribution < -0.4 is 4.74 Å². The van der Waals surface area contributed by atoms with Crippen LogP contribution in [0, 0.1) is 0 Å². The molecule has 140 valence electrons. The van der Waals surface area contributed by atoms with Crippen LogP contribution in [0.4, 0.5) is 0 Å². The van der Waals surface area contributed by atoms with Crippen LogP contribution in [-0.2, 0) is 10.0 Å². The molecule has 0 saturated carbocycles. The lowest BCUT2D eigenvalue weighted by Crippen LogP contribution is -2.39. The average molecular weight is 400 g/mol. The van der Waals surface area contributed by atoms with Crippen LogP contribution in [0.3, 0.4) is 0 Å². The van der Waals surface area contributed by atoms with Gasteiger partial charge >= 0.3 is 0 Å². The number of fused-ring (bicyclic) bond motifs is 1. The third-order valence-electron chi connectivity index (χ3n) is 4.86. The molecular weight excluding hydrogens is 378 g/mol. The first-order valence-corrected chi connectivity index (χ1v) is 10.9. The van der Waals surface area contributed by atoms with Gasteiger partial charge in [-0.2, -0.15) is 16.9 Å². The molecule has 1 aliphatic heterocycles. The lowest BCUT2D eigenvalue weighted by atomic mass is 10.1. The summed E-state index contributed by atoms with van der Waals surface area (Å²) < 4.78 is 33.9. The normalized spacial score (nSPS) is 20.8. The number of benzene rings is 3. The molecule has 1 fully saturated rings. The molecule has 2 atom stereocenters.